The average Bonchev–Trinajstić information content (AvgIpc) is 2.89. The average molecular weight is 469 g/mol. The summed E-state index contributed by atoms with van der Waals surface area (Å²) in [5.74, 6) is -0.358. The van der Waals surface area contributed by atoms with Crippen molar-refractivity contribution in [2.75, 3.05) is 16.2 Å². The van der Waals surface area contributed by atoms with E-state index in [0.717, 1.165) is 29.5 Å². The second-order valence-electron chi connectivity index (χ2n) is 8.23. The summed E-state index contributed by atoms with van der Waals surface area (Å²) in [6, 6.07) is 31.3. The highest BCUT2D eigenvalue weighted by molar-refractivity contribution is 7.92. The van der Waals surface area contributed by atoms with Gasteiger partial charge in [0.25, 0.3) is 15.9 Å². The summed E-state index contributed by atoms with van der Waals surface area (Å²) in [5.41, 5.74) is 4.81. The number of carbonyl (C=O) groups is 1. The van der Waals surface area contributed by atoms with Crippen molar-refractivity contribution >= 4 is 27.3 Å². The van der Waals surface area contributed by atoms with E-state index in [1.165, 1.54) is 16.4 Å². The Kier molecular flexibility index (Phi) is 5.90. The number of nitrogens with zero attached hydrogens (tertiary/aromatic N) is 1. The zero-order valence-corrected chi connectivity index (χ0v) is 19.3. The van der Waals surface area contributed by atoms with Gasteiger partial charge in [0.05, 0.1) is 10.6 Å². The van der Waals surface area contributed by atoms with E-state index >= 15 is 0 Å². The normalized spacial score (nSPS) is 13.2. The highest BCUT2D eigenvalue weighted by Crippen LogP contribution is 2.32. The zero-order valence-electron chi connectivity index (χ0n) is 18.5. The molecule has 1 aliphatic heterocycles. The summed E-state index contributed by atoms with van der Waals surface area (Å²) in [6.45, 7) is 0.420. The first-order valence-corrected chi connectivity index (χ1v) is 12.6. The molecule has 1 N–H and O–H groups in total. The Balaban J connectivity index is 1.36. The third kappa shape index (κ3) is 4.32. The van der Waals surface area contributed by atoms with Crippen LogP contribution in [0.4, 0.5) is 11.4 Å². The predicted molar refractivity (Wildman–Crippen MR) is 136 cm³/mol. The molecule has 4 aromatic carbocycles. The minimum absolute atomic E-state index is 0.108. The fraction of sp³-hybridized carbons (Fsp3) is 0.107. The van der Waals surface area contributed by atoms with E-state index in [1.54, 1.807) is 12.1 Å². The number of amides is 1. The Hall–Kier alpha value is -3.90. The van der Waals surface area contributed by atoms with Crippen molar-refractivity contribution in [2.45, 2.75) is 17.7 Å². The van der Waals surface area contributed by atoms with Gasteiger partial charge in [0.2, 0.25) is 0 Å². The molecule has 5 rings (SSSR count). The molecule has 0 atom stereocenters. The number of rotatable bonds is 5. The lowest BCUT2D eigenvalue weighted by atomic mass is 10.0. The van der Waals surface area contributed by atoms with Gasteiger partial charge in [-0.2, -0.15) is 0 Å². The largest absolute Gasteiger partial charge is 0.322 e. The smallest absolute Gasteiger partial charge is 0.264 e. The monoisotopic (exact) mass is 468 g/mol. The van der Waals surface area contributed by atoms with Crippen molar-refractivity contribution in [3.8, 4) is 11.1 Å². The van der Waals surface area contributed by atoms with Crippen molar-refractivity contribution in [1.82, 2.24) is 0 Å². The highest BCUT2D eigenvalue weighted by Gasteiger charge is 2.29. The number of hydrogen-bond donors (Lipinski definition) is 1. The van der Waals surface area contributed by atoms with Gasteiger partial charge in [0.1, 0.15) is 0 Å². The number of nitrogens with one attached hydrogen (secondary N) is 1. The molecule has 1 heterocycles. The lowest BCUT2D eigenvalue weighted by molar-refractivity contribution is 0.102. The molecule has 34 heavy (non-hydrogen) atoms. The van der Waals surface area contributed by atoms with Gasteiger partial charge in [-0.15, -0.1) is 0 Å². The van der Waals surface area contributed by atoms with Gasteiger partial charge in [0, 0.05) is 17.8 Å². The minimum atomic E-state index is -3.79. The SMILES string of the molecule is O=C(Nc1ccc(-c2ccccc2)cc1)c1cccc(S(=O)(=O)N2CCCc3ccccc32)c1. The topological polar surface area (TPSA) is 66.5 Å². The van der Waals surface area contributed by atoms with Crippen LogP contribution in [-0.2, 0) is 16.4 Å². The Morgan fingerprint density at radius 2 is 1.47 bits per heavy atom. The number of aryl methyl sites for hydroxylation is 1. The van der Waals surface area contributed by atoms with E-state index in [2.05, 4.69) is 5.32 Å². The van der Waals surface area contributed by atoms with Gasteiger partial charge in [-0.05, 0) is 65.9 Å². The molecular formula is C28H24N2O3S. The van der Waals surface area contributed by atoms with Crippen LogP contribution in [0.1, 0.15) is 22.3 Å². The minimum Gasteiger partial charge on any atom is -0.322 e. The maximum absolute atomic E-state index is 13.4. The number of fused-ring (bicyclic) bond motifs is 1. The van der Waals surface area contributed by atoms with Crippen molar-refractivity contribution in [2.24, 2.45) is 0 Å². The van der Waals surface area contributed by atoms with Crippen LogP contribution in [0.3, 0.4) is 0 Å². The third-order valence-electron chi connectivity index (χ3n) is 6.00. The van der Waals surface area contributed by atoms with Gasteiger partial charge in [-0.25, -0.2) is 8.42 Å². The number of carbonyl (C=O) groups excluding carboxylic acids is 1. The second-order valence-corrected chi connectivity index (χ2v) is 10.1. The molecule has 0 bridgehead atoms. The molecule has 6 heteroatoms. The van der Waals surface area contributed by atoms with Crippen molar-refractivity contribution in [3.63, 3.8) is 0 Å². The maximum Gasteiger partial charge on any atom is 0.264 e. The fourth-order valence-electron chi connectivity index (χ4n) is 4.25. The molecule has 0 saturated heterocycles. The van der Waals surface area contributed by atoms with Crippen LogP contribution in [0.25, 0.3) is 11.1 Å². The summed E-state index contributed by atoms with van der Waals surface area (Å²) in [7, 11) is -3.79. The van der Waals surface area contributed by atoms with Crippen molar-refractivity contribution in [3.05, 3.63) is 114 Å². The zero-order chi connectivity index (χ0) is 23.5. The molecule has 0 aliphatic carbocycles. The van der Waals surface area contributed by atoms with Crippen LogP contribution in [0.2, 0.25) is 0 Å². The number of benzene rings is 4. The Bertz CT molecular complexity index is 1430. The van der Waals surface area contributed by atoms with Gasteiger partial charge in [-0.3, -0.25) is 9.10 Å². The summed E-state index contributed by atoms with van der Waals surface area (Å²) in [5, 5.41) is 2.86. The van der Waals surface area contributed by atoms with Gasteiger partial charge in [-0.1, -0.05) is 66.7 Å². The Labute approximate surface area is 199 Å². The van der Waals surface area contributed by atoms with E-state index in [4.69, 9.17) is 0 Å². The number of anilines is 2. The fourth-order valence-corrected chi connectivity index (χ4v) is 5.84. The highest BCUT2D eigenvalue weighted by atomic mass is 32.2. The molecule has 0 spiro atoms. The molecule has 0 radical (unpaired) electrons. The second kappa shape index (κ2) is 9.15. The van der Waals surface area contributed by atoms with E-state index in [1.807, 2.05) is 78.9 Å². The maximum atomic E-state index is 13.4. The molecule has 170 valence electrons. The van der Waals surface area contributed by atoms with Crippen LogP contribution in [0.5, 0.6) is 0 Å². The van der Waals surface area contributed by atoms with Crippen LogP contribution < -0.4 is 9.62 Å². The standard InChI is InChI=1S/C28H24N2O3S/c31-28(29-25-17-15-22(16-18-25)21-8-2-1-3-9-21)24-11-6-13-26(20-24)34(32,33)30-19-7-12-23-10-4-5-14-27(23)30/h1-6,8-11,13-18,20H,7,12,19H2,(H,29,31). The third-order valence-corrected chi connectivity index (χ3v) is 7.81. The van der Waals surface area contributed by atoms with Crippen LogP contribution in [0.15, 0.2) is 108 Å². The van der Waals surface area contributed by atoms with E-state index < -0.39 is 10.0 Å². The van der Waals surface area contributed by atoms with Crippen molar-refractivity contribution in [1.29, 1.82) is 0 Å². The molecule has 0 saturated carbocycles. The van der Waals surface area contributed by atoms with Gasteiger partial charge >= 0.3 is 0 Å². The molecule has 1 aliphatic rings. The first-order chi connectivity index (χ1) is 16.5. The van der Waals surface area contributed by atoms with E-state index in [0.29, 0.717) is 23.5 Å². The van der Waals surface area contributed by atoms with Crippen molar-refractivity contribution < 1.29 is 13.2 Å². The molecule has 5 nitrogen and oxygen atoms in total. The molecule has 4 aromatic rings. The van der Waals surface area contributed by atoms with Gasteiger partial charge < -0.3 is 5.32 Å². The van der Waals surface area contributed by atoms with Gasteiger partial charge in [0.15, 0.2) is 0 Å². The molecule has 0 fully saturated rings. The van der Waals surface area contributed by atoms with Crippen LogP contribution >= 0.6 is 0 Å². The number of hydrogen-bond acceptors (Lipinski definition) is 3. The summed E-state index contributed by atoms with van der Waals surface area (Å²) in [6.07, 6.45) is 1.61. The molecule has 0 aromatic heterocycles. The van der Waals surface area contributed by atoms with E-state index in [9.17, 15) is 13.2 Å². The Morgan fingerprint density at radius 3 is 2.26 bits per heavy atom. The van der Waals surface area contributed by atoms with E-state index in [-0.39, 0.29) is 10.8 Å². The first-order valence-electron chi connectivity index (χ1n) is 11.2. The quantitative estimate of drug-likeness (QED) is 0.406. The van der Waals surface area contributed by atoms with Crippen LogP contribution in [0, 0.1) is 0 Å². The molecule has 0 unspecified atom stereocenters. The lowest BCUT2D eigenvalue weighted by Crippen LogP contribution is -2.35. The molecular weight excluding hydrogens is 444 g/mol. The predicted octanol–water partition coefficient (Wildman–Crippen LogP) is 5.75. The molecule has 1 amide bonds. The van der Waals surface area contributed by atoms with Crippen LogP contribution in [-0.4, -0.2) is 20.9 Å². The summed E-state index contributed by atoms with van der Waals surface area (Å²) in [4.78, 5) is 13.0. The number of para-hydroxylation sites is 1. The number of sulfonamides is 1. The summed E-state index contributed by atoms with van der Waals surface area (Å²) < 4.78 is 28.3. The lowest BCUT2D eigenvalue weighted by Gasteiger charge is -2.30. The summed E-state index contributed by atoms with van der Waals surface area (Å²) >= 11 is 0. The first kappa shape index (κ1) is 21.9. The Morgan fingerprint density at radius 1 is 0.765 bits per heavy atom.